The van der Waals surface area contributed by atoms with E-state index in [1.54, 1.807) is 19.1 Å². The molecule has 100 valence electrons. The summed E-state index contributed by atoms with van der Waals surface area (Å²) in [5, 5.41) is 14.5. The molecule has 0 N–H and O–H groups in total. The summed E-state index contributed by atoms with van der Waals surface area (Å²) in [5.41, 5.74) is 0.534. The molecule has 2 rings (SSSR count). The third-order valence-electron chi connectivity index (χ3n) is 2.31. The zero-order valence-corrected chi connectivity index (χ0v) is 10.1. The molecule has 0 spiro atoms. The molecule has 0 unspecified atom stereocenters. The number of rotatable bonds is 5. The number of nitro groups is 1. The molecular weight excluding hydrogens is 254 g/mol. The number of ether oxygens (including phenoxy) is 1. The van der Waals surface area contributed by atoms with Gasteiger partial charge in [0.1, 0.15) is 0 Å². The van der Waals surface area contributed by atoms with Gasteiger partial charge in [0.05, 0.1) is 18.1 Å². The quantitative estimate of drug-likeness (QED) is 0.594. The van der Waals surface area contributed by atoms with Gasteiger partial charge >= 0.3 is 11.8 Å². The van der Waals surface area contributed by atoms with Gasteiger partial charge in [0, 0.05) is 12.1 Å². The van der Waals surface area contributed by atoms with E-state index in [0.717, 1.165) is 4.68 Å². The Morgan fingerprint density at radius 3 is 3.00 bits per heavy atom. The summed E-state index contributed by atoms with van der Waals surface area (Å²) in [4.78, 5) is 21.6. The topological polar surface area (TPSA) is 100 Å². The van der Waals surface area contributed by atoms with Crippen molar-refractivity contribution in [3.05, 3.63) is 50.5 Å². The fourth-order valence-electron chi connectivity index (χ4n) is 1.51. The predicted octanol–water partition coefficient (Wildman–Crippen LogP) is 1.19. The standard InChI is InChI=1S/C11H11N3O5/c1-2-18-10-12-13(11(15)19-10)7-8-4-3-5-9(6-8)14(16)17/h3-6H,2,7H2,1H3. The Balaban J connectivity index is 2.23. The normalized spacial score (nSPS) is 10.4. The highest BCUT2D eigenvalue weighted by Gasteiger charge is 2.11. The van der Waals surface area contributed by atoms with Crippen LogP contribution in [-0.4, -0.2) is 21.3 Å². The van der Waals surface area contributed by atoms with Crippen molar-refractivity contribution >= 4 is 5.69 Å². The lowest BCUT2D eigenvalue weighted by Gasteiger charge is -1.99. The third-order valence-corrected chi connectivity index (χ3v) is 2.31. The Morgan fingerprint density at radius 2 is 2.32 bits per heavy atom. The average molecular weight is 265 g/mol. The molecule has 0 amide bonds. The van der Waals surface area contributed by atoms with Crippen LogP contribution in [0.15, 0.2) is 33.5 Å². The van der Waals surface area contributed by atoms with E-state index >= 15 is 0 Å². The maximum absolute atomic E-state index is 11.5. The lowest BCUT2D eigenvalue weighted by Crippen LogP contribution is -2.16. The number of hydrogen-bond acceptors (Lipinski definition) is 6. The van der Waals surface area contributed by atoms with Crippen LogP contribution in [0, 0.1) is 10.1 Å². The molecule has 1 aromatic carbocycles. The molecule has 0 aliphatic rings. The highest BCUT2D eigenvalue weighted by molar-refractivity contribution is 5.34. The van der Waals surface area contributed by atoms with Crippen LogP contribution in [0.5, 0.6) is 6.08 Å². The molecule has 0 radical (unpaired) electrons. The summed E-state index contributed by atoms with van der Waals surface area (Å²) in [6.45, 7) is 2.15. The van der Waals surface area contributed by atoms with Crippen molar-refractivity contribution in [2.75, 3.05) is 6.61 Å². The minimum Gasteiger partial charge on any atom is -0.449 e. The molecule has 1 heterocycles. The van der Waals surface area contributed by atoms with Crippen LogP contribution < -0.4 is 10.5 Å². The third kappa shape index (κ3) is 2.97. The minimum atomic E-state index is -0.671. The van der Waals surface area contributed by atoms with Gasteiger partial charge in [-0.3, -0.25) is 10.1 Å². The van der Waals surface area contributed by atoms with Gasteiger partial charge in [0.25, 0.3) is 5.69 Å². The number of nitrogens with zero attached hydrogens (tertiary/aromatic N) is 3. The van der Waals surface area contributed by atoms with E-state index in [0.29, 0.717) is 12.2 Å². The molecule has 8 nitrogen and oxygen atoms in total. The molecule has 0 saturated heterocycles. The Bertz CT molecular complexity index is 646. The van der Waals surface area contributed by atoms with E-state index in [1.807, 2.05) is 0 Å². The van der Waals surface area contributed by atoms with E-state index in [9.17, 15) is 14.9 Å². The van der Waals surface area contributed by atoms with E-state index in [-0.39, 0.29) is 18.3 Å². The van der Waals surface area contributed by atoms with Crippen molar-refractivity contribution < 1.29 is 14.1 Å². The van der Waals surface area contributed by atoms with Crippen molar-refractivity contribution in [1.82, 2.24) is 9.78 Å². The molecule has 2 aromatic rings. The second-order valence-corrected chi connectivity index (χ2v) is 3.65. The first-order valence-corrected chi connectivity index (χ1v) is 5.54. The van der Waals surface area contributed by atoms with Gasteiger partial charge in [-0.1, -0.05) is 17.2 Å². The summed E-state index contributed by atoms with van der Waals surface area (Å²) in [6.07, 6.45) is -0.113. The number of hydrogen-bond donors (Lipinski definition) is 0. The Kier molecular flexibility index (Phi) is 3.60. The van der Waals surface area contributed by atoms with Gasteiger partial charge in [-0.05, 0) is 12.5 Å². The molecule has 0 aliphatic heterocycles. The van der Waals surface area contributed by atoms with E-state index in [1.165, 1.54) is 12.1 Å². The first-order valence-electron chi connectivity index (χ1n) is 5.54. The summed E-state index contributed by atoms with van der Waals surface area (Å²) < 4.78 is 10.8. The maximum atomic E-state index is 11.5. The van der Waals surface area contributed by atoms with Crippen LogP contribution in [0.4, 0.5) is 5.69 Å². The molecule has 8 heteroatoms. The zero-order valence-electron chi connectivity index (χ0n) is 10.1. The van der Waals surface area contributed by atoms with Gasteiger partial charge in [-0.15, -0.1) is 0 Å². The first kappa shape index (κ1) is 12.8. The number of benzene rings is 1. The molecule has 19 heavy (non-hydrogen) atoms. The van der Waals surface area contributed by atoms with Crippen molar-refractivity contribution in [2.24, 2.45) is 0 Å². The van der Waals surface area contributed by atoms with Gasteiger partial charge in [-0.25, -0.2) is 4.79 Å². The van der Waals surface area contributed by atoms with Crippen LogP contribution in [0.2, 0.25) is 0 Å². The SMILES string of the molecule is CCOc1nn(Cc2cccc([N+](=O)[O-])c2)c(=O)o1. The van der Waals surface area contributed by atoms with Crippen LogP contribution >= 0.6 is 0 Å². The minimum absolute atomic E-state index is 0.0425. The first-order chi connectivity index (χ1) is 9.10. The highest BCUT2D eigenvalue weighted by atomic mass is 16.6. The summed E-state index contributed by atoms with van der Waals surface area (Å²) in [5.74, 6) is -0.671. The van der Waals surface area contributed by atoms with Gasteiger partial charge in [0.2, 0.25) is 0 Å². The molecule has 0 fully saturated rings. The van der Waals surface area contributed by atoms with Gasteiger partial charge in [0.15, 0.2) is 0 Å². The van der Waals surface area contributed by atoms with E-state index in [4.69, 9.17) is 9.15 Å². The summed E-state index contributed by atoms with van der Waals surface area (Å²) in [7, 11) is 0. The van der Waals surface area contributed by atoms with Crippen LogP contribution in [0.25, 0.3) is 0 Å². The van der Waals surface area contributed by atoms with Crippen LogP contribution in [-0.2, 0) is 6.54 Å². The Morgan fingerprint density at radius 1 is 1.53 bits per heavy atom. The highest BCUT2D eigenvalue weighted by Crippen LogP contribution is 2.13. The van der Waals surface area contributed by atoms with Crippen molar-refractivity contribution in [2.45, 2.75) is 13.5 Å². The largest absolute Gasteiger partial charge is 0.449 e. The van der Waals surface area contributed by atoms with Crippen molar-refractivity contribution in [1.29, 1.82) is 0 Å². The zero-order chi connectivity index (χ0) is 13.8. The van der Waals surface area contributed by atoms with Gasteiger partial charge in [-0.2, -0.15) is 4.68 Å². The number of aromatic nitrogens is 2. The van der Waals surface area contributed by atoms with Crippen LogP contribution in [0.3, 0.4) is 0 Å². The van der Waals surface area contributed by atoms with Crippen LogP contribution in [0.1, 0.15) is 12.5 Å². The van der Waals surface area contributed by atoms with E-state index < -0.39 is 10.7 Å². The molecule has 0 atom stereocenters. The fraction of sp³-hybridized carbons (Fsp3) is 0.273. The van der Waals surface area contributed by atoms with Gasteiger partial charge < -0.3 is 9.15 Å². The Labute approximate surface area is 107 Å². The Hall–Kier alpha value is -2.64. The van der Waals surface area contributed by atoms with Crippen molar-refractivity contribution in [3.63, 3.8) is 0 Å². The molecule has 1 aromatic heterocycles. The lowest BCUT2D eigenvalue weighted by atomic mass is 10.2. The number of nitro benzene ring substituents is 1. The second-order valence-electron chi connectivity index (χ2n) is 3.65. The summed E-state index contributed by atoms with van der Waals surface area (Å²) >= 11 is 0. The maximum Gasteiger partial charge on any atom is 0.439 e. The van der Waals surface area contributed by atoms with E-state index in [2.05, 4.69) is 5.10 Å². The molecule has 0 aliphatic carbocycles. The molecule has 0 saturated carbocycles. The lowest BCUT2D eigenvalue weighted by molar-refractivity contribution is -0.384. The molecule has 0 bridgehead atoms. The monoisotopic (exact) mass is 265 g/mol. The second kappa shape index (κ2) is 5.34. The van der Waals surface area contributed by atoms with Crippen molar-refractivity contribution in [3.8, 4) is 6.08 Å². The summed E-state index contributed by atoms with van der Waals surface area (Å²) in [6, 6.07) is 5.96. The molecular formula is C11H11N3O5. The fourth-order valence-corrected chi connectivity index (χ4v) is 1.51. The smallest absolute Gasteiger partial charge is 0.439 e. The predicted molar refractivity (Wildman–Crippen MR) is 64.1 cm³/mol. The number of non-ortho nitro benzene ring substituents is 1. The average Bonchev–Trinajstić information content (AvgIpc) is 2.70.